The lowest BCUT2D eigenvalue weighted by Crippen LogP contribution is -2.68. The average Bonchev–Trinajstić information content (AvgIpc) is 3.28. The van der Waals surface area contributed by atoms with Crippen molar-refractivity contribution in [2.45, 2.75) is 218 Å². The highest BCUT2D eigenvalue weighted by molar-refractivity contribution is 5.79. The lowest BCUT2D eigenvalue weighted by atomic mass is 9.33. The molecule has 0 amide bonds. The maximum atomic E-state index is 14.1. The molecule has 0 spiro atoms. The molecule has 4 saturated carbocycles. The van der Waals surface area contributed by atoms with Gasteiger partial charge in [0.2, 0.25) is 0 Å². The van der Waals surface area contributed by atoms with Crippen LogP contribution >= 0.6 is 0 Å². The van der Waals surface area contributed by atoms with Gasteiger partial charge in [0, 0.05) is 0 Å². The van der Waals surface area contributed by atoms with E-state index in [9.17, 15) is 45.6 Å². The number of fused-ring (bicyclic) bond motifs is 7. The number of aliphatic hydroxyl groups is 8. The van der Waals surface area contributed by atoms with Crippen LogP contribution in [0.5, 0.6) is 0 Å². The number of allylic oxidation sites excluding steroid dienone is 2. The summed E-state index contributed by atoms with van der Waals surface area (Å²) in [5.74, 6) is 1.42. The van der Waals surface area contributed by atoms with Gasteiger partial charge in [0.25, 0.3) is 0 Å². The Kier molecular flexibility index (Phi) is 14.5. The summed E-state index contributed by atoms with van der Waals surface area (Å²) in [6.45, 7) is 23.0. The number of hydrogen-bond donors (Lipinski definition) is 8. The van der Waals surface area contributed by atoms with Crippen molar-refractivity contribution in [2.24, 2.45) is 56.7 Å². The van der Waals surface area contributed by atoms with E-state index >= 15 is 0 Å². The number of hydrogen-bond acceptors (Lipinski definition) is 16. The Morgan fingerprint density at radius 1 is 0.701 bits per heavy atom. The second-order valence-corrected chi connectivity index (χ2v) is 23.5. The van der Waals surface area contributed by atoms with Crippen LogP contribution in [0.4, 0.5) is 0 Å². The zero-order valence-electron chi connectivity index (χ0n) is 41.1. The smallest absolute Gasteiger partial charge is 0.313 e. The normalized spacial score (nSPS) is 54.0. The first kappa shape index (κ1) is 51.7. The highest BCUT2D eigenvalue weighted by Crippen LogP contribution is 2.76. The summed E-state index contributed by atoms with van der Waals surface area (Å²) in [5, 5.41) is 86.9. The van der Waals surface area contributed by atoms with E-state index in [1.807, 2.05) is 0 Å². The number of rotatable bonds is 10. The molecule has 8 aliphatic rings. The van der Waals surface area contributed by atoms with Gasteiger partial charge in [-0.1, -0.05) is 72.8 Å². The predicted octanol–water partition coefficient (Wildman–Crippen LogP) is 3.26. The molecule has 3 aliphatic heterocycles. The minimum atomic E-state index is -1.73. The average molecular weight is 951 g/mol. The van der Waals surface area contributed by atoms with Gasteiger partial charge in [-0.2, -0.15) is 0 Å². The van der Waals surface area contributed by atoms with Crippen LogP contribution < -0.4 is 0 Å². The molecule has 0 aromatic carbocycles. The van der Waals surface area contributed by atoms with E-state index in [1.54, 1.807) is 6.08 Å². The molecular weight excluding hydrogens is 869 g/mol. The Labute approximate surface area is 396 Å². The van der Waals surface area contributed by atoms with Gasteiger partial charge < -0.3 is 74.0 Å². The van der Waals surface area contributed by atoms with Crippen LogP contribution in [-0.4, -0.2) is 158 Å². The summed E-state index contributed by atoms with van der Waals surface area (Å²) in [5.41, 5.74) is 0.225. The van der Waals surface area contributed by atoms with E-state index in [-0.39, 0.29) is 40.7 Å². The summed E-state index contributed by atoms with van der Waals surface area (Å²) in [7, 11) is 0. The van der Waals surface area contributed by atoms with Crippen LogP contribution in [0, 0.1) is 56.7 Å². The molecule has 3 heterocycles. The first-order valence-electron chi connectivity index (χ1n) is 25.2. The highest BCUT2D eigenvalue weighted by atomic mass is 16.8. The molecule has 5 aliphatic carbocycles. The van der Waals surface area contributed by atoms with E-state index in [0.717, 1.165) is 51.4 Å². The molecule has 3 saturated heterocycles. The summed E-state index contributed by atoms with van der Waals surface area (Å²) in [4.78, 5) is 14.1. The van der Waals surface area contributed by atoms with E-state index in [0.29, 0.717) is 24.2 Å². The largest absolute Gasteiger partial charge is 0.461 e. The highest BCUT2D eigenvalue weighted by Gasteiger charge is 2.70. The molecule has 8 N–H and O–H groups in total. The molecule has 25 atom stereocenters. The zero-order chi connectivity index (χ0) is 48.9. The third-order valence-electron chi connectivity index (χ3n) is 20.0. The van der Waals surface area contributed by atoms with Crippen LogP contribution in [0.25, 0.3) is 0 Å². The standard InChI is InChI=1S/C51H82O16/c1-11-22-61-46(60)51-19-14-24(2)25(3)33(51)28-12-13-31-48(8)17-16-32(47(6,7)30(48)15-18-50(31,10)49(28,9)20-21-51)65-45-42(67-44-39(58)37(56)35(54)27(5)63-44)40(59)41(29(23-52)64-45)66-43-38(57)36(55)34(53)26(4)62-43/h11-12,24-27,29-45,52-59H,1,13-23H2,2-10H3/t24-,25+,26+,27+,29-,30+,31-,32+,33+,34+,35+,36-,37-,38-,39-,40+,41-,42-,43+,44+,45+,48+,49-,50-,51+/m1/s1. The van der Waals surface area contributed by atoms with Gasteiger partial charge in [-0.3, -0.25) is 4.79 Å². The van der Waals surface area contributed by atoms with E-state index in [1.165, 1.54) is 19.4 Å². The van der Waals surface area contributed by atoms with Gasteiger partial charge in [-0.15, -0.1) is 0 Å². The SMILES string of the molecule is C=CCOC(=O)[C@]12CC[C@@H](C)[C@H](C)[C@H]1C1=CC[C@@H]3[C@@]4(C)CC[C@H](O[C@@H]5O[C@H](CO)[C@@H](O[C@@H]6O[C@@H](C)[C@H](O)[C@@H](O)[C@H]6O)[C@H](O)[C@H]5O[C@@H]5O[C@@H](C)[C@H](O)[C@@H](O)[C@H]5O)C(C)(C)[C@@H]4CC[C@@]3(C)[C@]1(C)CC2. The second kappa shape index (κ2) is 18.8. The monoisotopic (exact) mass is 951 g/mol. The fraction of sp³-hybridized carbons (Fsp3) is 0.902. The Bertz CT molecular complexity index is 1830. The van der Waals surface area contributed by atoms with Crippen LogP contribution in [-0.2, 0) is 38.0 Å². The van der Waals surface area contributed by atoms with Crippen molar-refractivity contribution < 1.29 is 78.8 Å². The van der Waals surface area contributed by atoms with Crippen molar-refractivity contribution in [1.82, 2.24) is 0 Å². The third-order valence-corrected chi connectivity index (χ3v) is 20.0. The summed E-state index contributed by atoms with van der Waals surface area (Å²) >= 11 is 0. The molecule has 8 rings (SSSR count). The third kappa shape index (κ3) is 8.15. The molecule has 0 radical (unpaired) electrons. The van der Waals surface area contributed by atoms with Gasteiger partial charge in [0.05, 0.1) is 30.3 Å². The minimum Gasteiger partial charge on any atom is -0.461 e. The Balaban J connectivity index is 1.07. The minimum absolute atomic E-state index is 0.0414. The molecule has 16 heteroatoms. The van der Waals surface area contributed by atoms with Gasteiger partial charge in [0.15, 0.2) is 18.9 Å². The molecule has 382 valence electrons. The molecule has 0 aromatic heterocycles. The van der Waals surface area contributed by atoms with E-state index < -0.39 is 116 Å². The van der Waals surface area contributed by atoms with Crippen molar-refractivity contribution >= 4 is 5.97 Å². The number of ether oxygens (including phenoxy) is 7. The Morgan fingerprint density at radius 2 is 1.31 bits per heavy atom. The summed E-state index contributed by atoms with van der Waals surface area (Å²) in [6.07, 6.45) is -10.2. The maximum Gasteiger partial charge on any atom is 0.313 e. The van der Waals surface area contributed by atoms with Gasteiger partial charge in [-0.25, -0.2) is 0 Å². The first-order valence-corrected chi connectivity index (χ1v) is 25.2. The van der Waals surface area contributed by atoms with Crippen molar-refractivity contribution in [3.8, 4) is 0 Å². The predicted molar refractivity (Wildman–Crippen MR) is 241 cm³/mol. The molecule has 0 aromatic rings. The molecule has 67 heavy (non-hydrogen) atoms. The maximum absolute atomic E-state index is 14.1. The van der Waals surface area contributed by atoms with Crippen LogP contribution in [0.15, 0.2) is 24.3 Å². The summed E-state index contributed by atoms with van der Waals surface area (Å²) < 4.78 is 43.2. The first-order chi connectivity index (χ1) is 31.4. The Morgan fingerprint density at radius 3 is 1.91 bits per heavy atom. The fourth-order valence-corrected chi connectivity index (χ4v) is 15.5. The number of carbonyl (C=O) groups excluding carboxylic acids is 1. The Hall–Kier alpha value is -1.61. The van der Waals surface area contributed by atoms with Crippen LogP contribution in [0.1, 0.15) is 120 Å². The fourth-order valence-electron chi connectivity index (χ4n) is 15.5. The quantitative estimate of drug-likeness (QED) is 0.0891. The lowest BCUT2D eigenvalue weighted by Gasteiger charge is -2.71. The molecule has 7 fully saturated rings. The topological polar surface area (TPSA) is 244 Å². The molecule has 16 nitrogen and oxygen atoms in total. The van der Waals surface area contributed by atoms with Crippen molar-refractivity contribution in [3.05, 3.63) is 24.3 Å². The number of esters is 1. The van der Waals surface area contributed by atoms with Gasteiger partial charge in [-0.05, 0) is 123 Å². The van der Waals surface area contributed by atoms with Crippen LogP contribution in [0.3, 0.4) is 0 Å². The summed E-state index contributed by atoms with van der Waals surface area (Å²) in [6, 6.07) is 0. The molecular formula is C51H82O16. The lowest BCUT2D eigenvalue weighted by molar-refractivity contribution is -0.393. The van der Waals surface area contributed by atoms with Crippen molar-refractivity contribution in [3.63, 3.8) is 0 Å². The second-order valence-electron chi connectivity index (χ2n) is 23.5. The van der Waals surface area contributed by atoms with Crippen molar-refractivity contribution in [2.75, 3.05) is 13.2 Å². The van der Waals surface area contributed by atoms with E-state index in [2.05, 4.69) is 61.1 Å². The van der Waals surface area contributed by atoms with Crippen LogP contribution in [0.2, 0.25) is 0 Å². The van der Waals surface area contributed by atoms with Gasteiger partial charge >= 0.3 is 5.97 Å². The zero-order valence-corrected chi connectivity index (χ0v) is 41.1. The van der Waals surface area contributed by atoms with Crippen molar-refractivity contribution in [1.29, 1.82) is 0 Å². The van der Waals surface area contributed by atoms with E-state index in [4.69, 9.17) is 33.2 Å². The molecule has 0 bridgehead atoms. The number of aliphatic hydroxyl groups excluding tert-OH is 8. The molecule has 0 unspecified atom stereocenters. The van der Waals surface area contributed by atoms with Gasteiger partial charge in [0.1, 0.15) is 67.6 Å². The number of carbonyl (C=O) groups is 1.